The fourth-order valence-electron chi connectivity index (χ4n) is 1.07. The average molecular weight is 284 g/mol. The van der Waals surface area contributed by atoms with Crippen LogP contribution in [0, 0.1) is 5.82 Å². The number of nitrogen functional groups attached to an aromatic ring is 1. The largest absolute Gasteiger partial charge is 0.437 e. The molecule has 0 aliphatic heterocycles. The Hall–Kier alpha value is -1.69. The predicted molar refractivity (Wildman–Crippen MR) is 60.6 cm³/mol. The summed E-state index contributed by atoms with van der Waals surface area (Å²) in [5.41, 5.74) is 5.92. The highest BCUT2D eigenvalue weighted by Gasteiger charge is 2.05. The molecule has 1 aromatic carbocycles. The summed E-state index contributed by atoms with van der Waals surface area (Å²) >= 11 is 3.06. The molecule has 1 heterocycles. The van der Waals surface area contributed by atoms with E-state index in [4.69, 9.17) is 10.5 Å². The van der Waals surface area contributed by atoms with Gasteiger partial charge in [-0.1, -0.05) is 0 Å². The van der Waals surface area contributed by atoms with Crippen LogP contribution in [0.5, 0.6) is 11.6 Å². The van der Waals surface area contributed by atoms with Gasteiger partial charge in [-0.15, -0.1) is 0 Å². The molecule has 0 saturated carbocycles. The van der Waals surface area contributed by atoms with Gasteiger partial charge in [-0.3, -0.25) is 0 Å². The van der Waals surface area contributed by atoms with Crippen LogP contribution in [0.3, 0.4) is 0 Å². The van der Waals surface area contributed by atoms with Gasteiger partial charge in [-0.25, -0.2) is 9.37 Å². The molecule has 0 bridgehead atoms. The lowest BCUT2D eigenvalue weighted by atomic mass is 10.3. The van der Waals surface area contributed by atoms with E-state index in [9.17, 15) is 4.39 Å². The van der Waals surface area contributed by atoms with Gasteiger partial charge in [0, 0.05) is 0 Å². The van der Waals surface area contributed by atoms with Gasteiger partial charge < -0.3 is 10.5 Å². The summed E-state index contributed by atoms with van der Waals surface area (Å²) < 4.78 is 18.7. The molecule has 0 saturated heterocycles. The number of hydrogen-bond donors (Lipinski definition) is 1. The van der Waals surface area contributed by atoms with Crippen molar-refractivity contribution in [3.05, 3.63) is 41.0 Å². The van der Waals surface area contributed by atoms with E-state index in [-0.39, 0.29) is 11.7 Å². The molecule has 0 aliphatic carbocycles. The Kier molecular flexibility index (Phi) is 3.00. The summed E-state index contributed by atoms with van der Waals surface area (Å²) in [7, 11) is 0. The quantitative estimate of drug-likeness (QED) is 0.921. The molecule has 1 aromatic heterocycles. The number of halogens is 2. The van der Waals surface area contributed by atoms with Crippen LogP contribution in [0.1, 0.15) is 0 Å². The van der Waals surface area contributed by atoms with Crippen molar-refractivity contribution in [2.45, 2.75) is 0 Å². The average Bonchev–Trinajstić information content (AvgIpc) is 2.27. The highest BCUT2D eigenvalue weighted by atomic mass is 79.9. The van der Waals surface area contributed by atoms with Gasteiger partial charge in [0.1, 0.15) is 23.6 Å². The van der Waals surface area contributed by atoms with Crippen LogP contribution in [0.2, 0.25) is 0 Å². The van der Waals surface area contributed by atoms with E-state index in [1.807, 2.05) is 0 Å². The zero-order chi connectivity index (χ0) is 11.5. The first-order valence-electron chi connectivity index (χ1n) is 4.35. The summed E-state index contributed by atoms with van der Waals surface area (Å²) in [4.78, 5) is 7.59. The van der Waals surface area contributed by atoms with Crippen molar-refractivity contribution < 1.29 is 9.13 Å². The third-order valence-corrected chi connectivity index (χ3v) is 2.42. The van der Waals surface area contributed by atoms with Crippen molar-refractivity contribution in [1.82, 2.24) is 9.97 Å². The van der Waals surface area contributed by atoms with Crippen molar-refractivity contribution in [2.24, 2.45) is 0 Å². The topological polar surface area (TPSA) is 61.0 Å². The molecule has 2 N–H and O–H groups in total. The van der Waals surface area contributed by atoms with Gasteiger partial charge in [0.2, 0.25) is 5.88 Å². The van der Waals surface area contributed by atoms with Crippen LogP contribution >= 0.6 is 15.9 Å². The summed E-state index contributed by atoms with van der Waals surface area (Å²) in [6.07, 6.45) is 2.76. The number of nitrogens with two attached hydrogens (primary N) is 1. The lowest BCUT2D eigenvalue weighted by Crippen LogP contribution is -1.95. The molecule has 2 rings (SSSR count). The third kappa shape index (κ3) is 2.27. The van der Waals surface area contributed by atoms with Crippen molar-refractivity contribution in [2.75, 3.05) is 5.73 Å². The zero-order valence-corrected chi connectivity index (χ0v) is 9.61. The first-order valence-corrected chi connectivity index (χ1v) is 5.14. The van der Waals surface area contributed by atoms with Crippen molar-refractivity contribution in [1.29, 1.82) is 0 Å². The predicted octanol–water partition coefficient (Wildman–Crippen LogP) is 2.75. The number of aromatic nitrogens is 2. The Morgan fingerprint density at radius 3 is 2.88 bits per heavy atom. The number of hydrogen-bond acceptors (Lipinski definition) is 4. The monoisotopic (exact) mass is 283 g/mol. The second-order valence-corrected chi connectivity index (χ2v) is 3.82. The summed E-state index contributed by atoms with van der Waals surface area (Å²) in [5, 5.41) is 0. The molecule has 82 valence electrons. The van der Waals surface area contributed by atoms with Crippen molar-refractivity contribution in [3.8, 4) is 11.6 Å². The minimum absolute atomic E-state index is 0.244. The van der Waals surface area contributed by atoms with Gasteiger partial charge in [0.15, 0.2) is 0 Å². The summed E-state index contributed by atoms with van der Waals surface area (Å²) in [6.45, 7) is 0. The molecule has 0 spiro atoms. The van der Waals surface area contributed by atoms with Crippen LogP contribution in [-0.2, 0) is 0 Å². The minimum atomic E-state index is -0.358. The fourth-order valence-corrected chi connectivity index (χ4v) is 1.42. The first-order chi connectivity index (χ1) is 7.66. The van der Waals surface area contributed by atoms with E-state index in [0.29, 0.717) is 15.9 Å². The van der Waals surface area contributed by atoms with Gasteiger partial charge in [0.25, 0.3) is 0 Å². The lowest BCUT2D eigenvalue weighted by Gasteiger charge is -2.06. The molecule has 0 aliphatic rings. The SMILES string of the molecule is Nc1cncnc1Oc1ccc(F)c(Br)c1. The van der Waals surface area contributed by atoms with Crippen LogP contribution in [0.4, 0.5) is 10.1 Å². The van der Waals surface area contributed by atoms with Crippen molar-refractivity contribution >= 4 is 21.6 Å². The van der Waals surface area contributed by atoms with E-state index in [0.717, 1.165) is 0 Å². The summed E-state index contributed by atoms with van der Waals surface area (Å²) in [5.74, 6) is 0.329. The molecule has 0 amide bonds. The lowest BCUT2D eigenvalue weighted by molar-refractivity contribution is 0.462. The zero-order valence-electron chi connectivity index (χ0n) is 8.02. The number of ether oxygens (including phenoxy) is 1. The Bertz CT molecular complexity index is 521. The number of benzene rings is 1. The normalized spacial score (nSPS) is 10.1. The molecule has 0 atom stereocenters. The molecule has 0 unspecified atom stereocenters. The molecular weight excluding hydrogens is 277 g/mol. The number of anilines is 1. The highest BCUT2D eigenvalue weighted by molar-refractivity contribution is 9.10. The Morgan fingerprint density at radius 2 is 2.19 bits per heavy atom. The summed E-state index contributed by atoms with van der Waals surface area (Å²) in [6, 6.07) is 4.27. The smallest absolute Gasteiger partial charge is 0.245 e. The number of nitrogens with zero attached hydrogens (tertiary/aromatic N) is 2. The van der Waals surface area contributed by atoms with Gasteiger partial charge >= 0.3 is 0 Å². The van der Waals surface area contributed by atoms with E-state index in [1.54, 1.807) is 0 Å². The molecule has 2 aromatic rings. The van der Waals surface area contributed by atoms with Crippen LogP contribution in [-0.4, -0.2) is 9.97 Å². The fraction of sp³-hybridized carbons (Fsp3) is 0. The Morgan fingerprint density at radius 1 is 1.38 bits per heavy atom. The molecule has 0 radical (unpaired) electrons. The first kappa shape index (κ1) is 10.8. The van der Waals surface area contributed by atoms with Gasteiger partial charge in [0.05, 0.1) is 10.7 Å². The van der Waals surface area contributed by atoms with E-state index in [2.05, 4.69) is 25.9 Å². The number of rotatable bonds is 2. The molecule has 4 nitrogen and oxygen atoms in total. The maximum absolute atomic E-state index is 13.0. The Balaban J connectivity index is 2.28. The molecule has 16 heavy (non-hydrogen) atoms. The molecular formula is C10H7BrFN3O. The second kappa shape index (κ2) is 4.44. The van der Waals surface area contributed by atoms with Crippen molar-refractivity contribution in [3.63, 3.8) is 0 Å². The van der Waals surface area contributed by atoms with Gasteiger partial charge in [-0.2, -0.15) is 4.98 Å². The minimum Gasteiger partial charge on any atom is -0.437 e. The maximum atomic E-state index is 13.0. The highest BCUT2D eigenvalue weighted by Crippen LogP contribution is 2.27. The second-order valence-electron chi connectivity index (χ2n) is 2.96. The maximum Gasteiger partial charge on any atom is 0.245 e. The Labute approximate surface area is 99.4 Å². The molecule has 6 heteroatoms. The van der Waals surface area contributed by atoms with E-state index in [1.165, 1.54) is 30.7 Å². The van der Waals surface area contributed by atoms with E-state index >= 15 is 0 Å². The molecule has 0 fully saturated rings. The standard InChI is InChI=1S/C10H7BrFN3O/c11-7-3-6(1-2-8(7)12)16-10-9(13)4-14-5-15-10/h1-5H,13H2. The van der Waals surface area contributed by atoms with Crippen LogP contribution in [0.15, 0.2) is 35.2 Å². The third-order valence-electron chi connectivity index (χ3n) is 1.81. The van der Waals surface area contributed by atoms with Crippen LogP contribution in [0.25, 0.3) is 0 Å². The van der Waals surface area contributed by atoms with E-state index < -0.39 is 0 Å². The van der Waals surface area contributed by atoms with Gasteiger partial charge in [-0.05, 0) is 34.1 Å². The van der Waals surface area contributed by atoms with Crippen LogP contribution < -0.4 is 10.5 Å².